The first kappa shape index (κ1) is 19.0. The van der Waals surface area contributed by atoms with Crippen molar-refractivity contribution in [3.63, 3.8) is 0 Å². The number of thiophene rings is 1. The van der Waals surface area contributed by atoms with Gasteiger partial charge in [-0.2, -0.15) is 0 Å². The quantitative estimate of drug-likeness (QED) is 0.338. The van der Waals surface area contributed by atoms with Gasteiger partial charge in [-0.25, -0.2) is 0 Å². The van der Waals surface area contributed by atoms with Gasteiger partial charge in [0.05, 0.1) is 0 Å². The second kappa shape index (κ2) is 8.33. The lowest BCUT2D eigenvalue weighted by atomic mass is 10.0. The van der Waals surface area contributed by atoms with E-state index in [9.17, 15) is 0 Å². The summed E-state index contributed by atoms with van der Waals surface area (Å²) in [6, 6.07) is 19.1. The molecule has 4 aromatic rings. The SMILES string of the molecule is CCn1c(SCc2ccccc2C)nnc1-c1csc(C)c1-c1ccccc1. The fourth-order valence-electron chi connectivity index (χ4n) is 3.38. The maximum atomic E-state index is 4.59. The second-order valence-corrected chi connectivity index (χ2v) is 8.74. The smallest absolute Gasteiger partial charge is 0.191 e. The first-order valence-electron chi connectivity index (χ1n) is 9.43. The van der Waals surface area contributed by atoms with Gasteiger partial charge in [0.1, 0.15) is 0 Å². The highest BCUT2D eigenvalue weighted by Crippen LogP contribution is 2.39. The van der Waals surface area contributed by atoms with E-state index in [1.54, 1.807) is 23.1 Å². The highest BCUT2D eigenvalue weighted by atomic mass is 32.2. The zero-order valence-corrected chi connectivity index (χ0v) is 18.0. The fraction of sp³-hybridized carbons (Fsp3) is 0.217. The lowest BCUT2D eigenvalue weighted by molar-refractivity contribution is 0.687. The number of aromatic nitrogens is 3. The third kappa shape index (κ3) is 3.64. The Morgan fingerprint density at radius 3 is 2.46 bits per heavy atom. The molecule has 0 amide bonds. The van der Waals surface area contributed by atoms with Crippen LogP contribution in [0, 0.1) is 13.8 Å². The van der Waals surface area contributed by atoms with E-state index >= 15 is 0 Å². The average molecular weight is 406 g/mol. The Labute approximate surface area is 174 Å². The van der Waals surface area contributed by atoms with Crippen LogP contribution in [0.1, 0.15) is 22.9 Å². The maximum Gasteiger partial charge on any atom is 0.191 e. The molecular formula is C23H23N3S2. The monoisotopic (exact) mass is 405 g/mol. The van der Waals surface area contributed by atoms with Crippen LogP contribution in [0.15, 0.2) is 65.1 Å². The van der Waals surface area contributed by atoms with Crippen LogP contribution < -0.4 is 0 Å². The summed E-state index contributed by atoms with van der Waals surface area (Å²) in [6.45, 7) is 7.34. The molecule has 0 unspecified atom stereocenters. The van der Waals surface area contributed by atoms with E-state index < -0.39 is 0 Å². The predicted molar refractivity (Wildman–Crippen MR) is 120 cm³/mol. The van der Waals surface area contributed by atoms with E-state index in [1.807, 2.05) is 0 Å². The van der Waals surface area contributed by atoms with Gasteiger partial charge < -0.3 is 4.57 Å². The van der Waals surface area contributed by atoms with Crippen molar-refractivity contribution < 1.29 is 0 Å². The summed E-state index contributed by atoms with van der Waals surface area (Å²) in [5.41, 5.74) is 6.33. The van der Waals surface area contributed by atoms with Gasteiger partial charge in [-0.3, -0.25) is 0 Å². The summed E-state index contributed by atoms with van der Waals surface area (Å²) in [5.74, 6) is 1.86. The molecule has 4 rings (SSSR count). The van der Waals surface area contributed by atoms with Crippen molar-refractivity contribution in [3.05, 3.63) is 76.0 Å². The van der Waals surface area contributed by atoms with Crippen LogP contribution in [0.2, 0.25) is 0 Å². The zero-order chi connectivity index (χ0) is 19.5. The van der Waals surface area contributed by atoms with Gasteiger partial charge in [0.15, 0.2) is 11.0 Å². The molecule has 0 aliphatic rings. The molecule has 0 saturated heterocycles. The Morgan fingerprint density at radius 1 is 0.964 bits per heavy atom. The molecule has 142 valence electrons. The average Bonchev–Trinajstić information content (AvgIpc) is 3.30. The van der Waals surface area contributed by atoms with E-state index in [-0.39, 0.29) is 0 Å². The molecule has 0 aliphatic carbocycles. The van der Waals surface area contributed by atoms with Gasteiger partial charge in [0.25, 0.3) is 0 Å². The van der Waals surface area contributed by atoms with Crippen LogP contribution in [0.25, 0.3) is 22.5 Å². The first-order chi connectivity index (χ1) is 13.7. The maximum absolute atomic E-state index is 4.59. The van der Waals surface area contributed by atoms with Crippen LogP contribution in [0.3, 0.4) is 0 Å². The molecular weight excluding hydrogens is 382 g/mol. The number of hydrogen-bond acceptors (Lipinski definition) is 4. The number of rotatable bonds is 6. The minimum Gasteiger partial charge on any atom is -0.302 e. The highest BCUT2D eigenvalue weighted by Gasteiger charge is 2.20. The standard InChI is InChI=1S/C23H23N3S2/c1-4-26-22(20-15-27-17(3)21(20)18-11-6-5-7-12-18)24-25-23(26)28-14-19-13-9-8-10-16(19)2/h5-13,15H,4,14H2,1-3H3. The molecule has 0 aliphatic heterocycles. The Morgan fingerprint density at radius 2 is 1.71 bits per heavy atom. The lowest BCUT2D eigenvalue weighted by Crippen LogP contribution is -2.00. The molecule has 0 radical (unpaired) electrons. The molecule has 2 heterocycles. The number of thioether (sulfide) groups is 1. The number of aryl methyl sites for hydroxylation is 2. The third-order valence-electron chi connectivity index (χ3n) is 4.93. The van der Waals surface area contributed by atoms with Gasteiger partial charge in [0.2, 0.25) is 0 Å². The topological polar surface area (TPSA) is 30.7 Å². The molecule has 5 heteroatoms. The lowest BCUT2D eigenvalue weighted by Gasteiger charge is -2.10. The van der Waals surface area contributed by atoms with Crippen molar-refractivity contribution >= 4 is 23.1 Å². The number of benzene rings is 2. The zero-order valence-electron chi connectivity index (χ0n) is 16.3. The summed E-state index contributed by atoms with van der Waals surface area (Å²) >= 11 is 3.53. The van der Waals surface area contributed by atoms with Crippen molar-refractivity contribution in [1.82, 2.24) is 14.8 Å². The minimum absolute atomic E-state index is 0.849. The molecule has 0 fully saturated rings. The van der Waals surface area contributed by atoms with Gasteiger partial charge in [-0.15, -0.1) is 21.5 Å². The minimum atomic E-state index is 0.849. The molecule has 0 spiro atoms. The van der Waals surface area contributed by atoms with Gasteiger partial charge in [-0.1, -0.05) is 66.4 Å². The first-order valence-corrected chi connectivity index (χ1v) is 11.3. The van der Waals surface area contributed by atoms with E-state index in [4.69, 9.17) is 0 Å². The van der Waals surface area contributed by atoms with Crippen LogP contribution in [0.4, 0.5) is 0 Å². The molecule has 2 aromatic carbocycles. The molecule has 2 aromatic heterocycles. The summed E-state index contributed by atoms with van der Waals surface area (Å²) in [7, 11) is 0. The summed E-state index contributed by atoms with van der Waals surface area (Å²) < 4.78 is 2.23. The van der Waals surface area contributed by atoms with Crippen molar-refractivity contribution in [2.75, 3.05) is 0 Å². The van der Waals surface area contributed by atoms with Gasteiger partial charge >= 0.3 is 0 Å². The largest absolute Gasteiger partial charge is 0.302 e. The Kier molecular flexibility index (Phi) is 5.64. The van der Waals surface area contributed by atoms with Gasteiger partial charge in [-0.05, 0) is 37.5 Å². The predicted octanol–water partition coefficient (Wildman–Crippen LogP) is 6.60. The van der Waals surface area contributed by atoms with Crippen molar-refractivity contribution in [2.24, 2.45) is 0 Å². The van der Waals surface area contributed by atoms with Crippen LogP contribution in [-0.2, 0) is 12.3 Å². The third-order valence-corrected chi connectivity index (χ3v) is 6.86. The fourth-order valence-corrected chi connectivity index (χ4v) is 5.32. The highest BCUT2D eigenvalue weighted by molar-refractivity contribution is 7.98. The van der Waals surface area contributed by atoms with E-state index in [2.05, 4.69) is 95.5 Å². The Bertz CT molecular complexity index is 1080. The van der Waals surface area contributed by atoms with Crippen molar-refractivity contribution in [1.29, 1.82) is 0 Å². The molecule has 0 atom stereocenters. The van der Waals surface area contributed by atoms with E-state index in [0.717, 1.165) is 23.3 Å². The van der Waals surface area contributed by atoms with Crippen LogP contribution >= 0.6 is 23.1 Å². The molecule has 0 bridgehead atoms. The number of hydrogen-bond donors (Lipinski definition) is 0. The molecule has 0 saturated carbocycles. The summed E-state index contributed by atoms with van der Waals surface area (Å²) in [6.07, 6.45) is 0. The molecule has 28 heavy (non-hydrogen) atoms. The van der Waals surface area contributed by atoms with E-state index in [1.165, 1.54) is 32.7 Å². The van der Waals surface area contributed by atoms with Gasteiger partial charge in [0, 0.05) is 33.7 Å². The summed E-state index contributed by atoms with van der Waals surface area (Å²) in [4.78, 5) is 1.31. The number of nitrogens with zero attached hydrogens (tertiary/aromatic N) is 3. The Balaban J connectivity index is 1.69. The Hall–Kier alpha value is -2.37. The van der Waals surface area contributed by atoms with Crippen LogP contribution in [0.5, 0.6) is 0 Å². The molecule has 0 N–H and O–H groups in total. The van der Waals surface area contributed by atoms with Crippen molar-refractivity contribution in [2.45, 2.75) is 38.2 Å². The van der Waals surface area contributed by atoms with E-state index in [0.29, 0.717) is 0 Å². The summed E-state index contributed by atoms with van der Waals surface area (Å²) in [5, 5.41) is 12.3. The van der Waals surface area contributed by atoms with Crippen molar-refractivity contribution in [3.8, 4) is 22.5 Å². The van der Waals surface area contributed by atoms with Crippen LogP contribution in [-0.4, -0.2) is 14.8 Å². The molecule has 3 nitrogen and oxygen atoms in total. The normalized spacial score (nSPS) is 11.1. The second-order valence-electron chi connectivity index (χ2n) is 6.71.